The average Bonchev–Trinajstić information content (AvgIpc) is 3.10. The van der Waals surface area contributed by atoms with Gasteiger partial charge >= 0.3 is 0 Å². The highest BCUT2D eigenvalue weighted by Crippen LogP contribution is 2.29. The van der Waals surface area contributed by atoms with Crippen molar-refractivity contribution in [1.29, 1.82) is 0 Å². The zero-order chi connectivity index (χ0) is 12.4. The van der Waals surface area contributed by atoms with Crippen LogP contribution < -0.4 is 5.32 Å². The van der Waals surface area contributed by atoms with Gasteiger partial charge in [0, 0.05) is 18.6 Å². The van der Waals surface area contributed by atoms with Crippen LogP contribution in [0.25, 0.3) is 0 Å². The summed E-state index contributed by atoms with van der Waals surface area (Å²) in [5.41, 5.74) is 1.73. The maximum Gasteiger partial charge on any atom is 0.265 e. The fourth-order valence-corrected chi connectivity index (χ4v) is 3.14. The molecule has 1 aliphatic heterocycles. The predicted octanol–water partition coefficient (Wildman–Crippen LogP) is 1.89. The van der Waals surface area contributed by atoms with E-state index in [4.69, 9.17) is 0 Å². The highest BCUT2D eigenvalue weighted by Gasteiger charge is 2.35. The van der Waals surface area contributed by atoms with E-state index < -0.39 is 0 Å². The molecule has 1 amide bonds. The monoisotopic (exact) mass is 265 g/mol. The van der Waals surface area contributed by atoms with Crippen LogP contribution in [0, 0.1) is 0 Å². The van der Waals surface area contributed by atoms with Crippen LogP contribution in [0.4, 0.5) is 0 Å². The van der Waals surface area contributed by atoms with Gasteiger partial charge in [-0.3, -0.25) is 9.78 Å². The van der Waals surface area contributed by atoms with E-state index in [1.54, 1.807) is 11.7 Å². The zero-order valence-electron chi connectivity index (χ0n) is 10.5. The average molecular weight is 265 g/mol. The van der Waals surface area contributed by atoms with Crippen molar-refractivity contribution in [2.24, 2.45) is 0 Å². The summed E-state index contributed by atoms with van der Waals surface area (Å²) in [4.78, 5) is 19.3. The van der Waals surface area contributed by atoms with Gasteiger partial charge in [-0.25, -0.2) is 0 Å². The van der Waals surface area contributed by atoms with Crippen molar-refractivity contribution in [2.75, 3.05) is 13.1 Å². The number of carbonyl (C=O) groups excluding carboxylic acids is 1. The maximum absolute atomic E-state index is 12.4. The van der Waals surface area contributed by atoms with E-state index in [1.165, 1.54) is 30.6 Å². The Morgan fingerprint density at radius 3 is 2.94 bits per heavy atom. The van der Waals surface area contributed by atoms with Crippen molar-refractivity contribution in [2.45, 2.75) is 44.2 Å². The van der Waals surface area contributed by atoms with Gasteiger partial charge in [0.25, 0.3) is 5.91 Å². The van der Waals surface area contributed by atoms with E-state index in [0.717, 1.165) is 30.8 Å². The van der Waals surface area contributed by atoms with Gasteiger partial charge in [0.2, 0.25) is 0 Å². The molecule has 1 saturated carbocycles. The molecule has 0 bridgehead atoms. The van der Waals surface area contributed by atoms with Crippen LogP contribution in [0.1, 0.15) is 41.8 Å². The number of hydrogen-bond acceptors (Lipinski definition) is 4. The van der Waals surface area contributed by atoms with Gasteiger partial charge in [-0.1, -0.05) is 6.42 Å². The zero-order valence-corrected chi connectivity index (χ0v) is 11.3. The number of nitrogens with zero attached hydrogens (tertiary/aromatic N) is 2. The Hall–Kier alpha value is -0.940. The SMILES string of the molecule is O=C(c1cncs1)N(CC1CCCCN1)C1CC1. The van der Waals surface area contributed by atoms with Crippen LogP contribution in [-0.2, 0) is 0 Å². The van der Waals surface area contributed by atoms with Gasteiger partial charge in [0.05, 0.1) is 11.7 Å². The van der Waals surface area contributed by atoms with Crippen LogP contribution >= 0.6 is 11.3 Å². The molecular weight excluding hydrogens is 246 g/mol. The van der Waals surface area contributed by atoms with Gasteiger partial charge in [-0.15, -0.1) is 11.3 Å². The normalized spacial score (nSPS) is 23.9. The van der Waals surface area contributed by atoms with Crippen molar-refractivity contribution >= 4 is 17.2 Å². The molecule has 4 nitrogen and oxygen atoms in total. The molecule has 1 aliphatic carbocycles. The topological polar surface area (TPSA) is 45.2 Å². The molecule has 2 heterocycles. The number of thiazole rings is 1. The first-order valence-electron chi connectivity index (χ1n) is 6.77. The molecular formula is C13H19N3OS. The molecule has 98 valence electrons. The molecule has 1 unspecified atom stereocenters. The smallest absolute Gasteiger partial charge is 0.265 e. The first-order valence-corrected chi connectivity index (χ1v) is 7.65. The van der Waals surface area contributed by atoms with Crippen LogP contribution in [0.3, 0.4) is 0 Å². The molecule has 0 spiro atoms. The molecule has 0 aromatic carbocycles. The first kappa shape index (κ1) is 12.1. The van der Waals surface area contributed by atoms with Crippen molar-refractivity contribution in [3.63, 3.8) is 0 Å². The number of aromatic nitrogens is 1. The van der Waals surface area contributed by atoms with Crippen LogP contribution in [0.15, 0.2) is 11.7 Å². The van der Waals surface area contributed by atoms with Crippen molar-refractivity contribution in [1.82, 2.24) is 15.2 Å². The maximum atomic E-state index is 12.4. The summed E-state index contributed by atoms with van der Waals surface area (Å²) >= 11 is 1.44. The number of piperidine rings is 1. The van der Waals surface area contributed by atoms with Gasteiger partial charge in [-0.2, -0.15) is 0 Å². The number of rotatable bonds is 4. The fraction of sp³-hybridized carbons (Fsp3) is 0.692. The lowest BCUT2D eigenvalue weighted by Crippen LogP contribution is -2.46. The van der Waals surface area contributed by atoms with E-state index in [2.05, 4.69) is 15.2 Å². The Morgan fingerprint density at radius 1 is 1.44 bits per heavy atom. The highest BCUT2D eigenvalue weighted by molar-refractivity contribution is 7.11. The van der Waals surface area contributed by atoms with E-state index in [-0.39, 0.29) is 5.91 Å². The number of nitrogens with one attached hydrogen (secondary N) is 1. The molecule has 1 aromatic heterocycles. The lowest BCUT2D eigenvalue weighted by Gasteiger charge is -2.30. The summed E-state index contributed by atoms with van der Waals surface area (Å²) in [5, 5.41) is 3.53. The second-order valence-electron chi connectivity index (χ2n) is 5.20. The minimum absolute atomic E-state index is 0.173. The van der Waals surface area contributed by atoms with Gasteiger partial charge in [-0.05, 0) is 32.2 Å². The third-order valence-electron chi connectivity index (χ3n) is 3.72. The van der Waals surface area contributed by atoms with Crippen molar-refractivity contribution < 1.29 is 4.79 Å². The number of carbonyl (C=O) groups is 1. The van der Waals surface area contributed by atoms with Crippen LogP contribution in [-0.4, -0.2) is 41.0 Å². The lowest BCUT2D eigenvalue weighted by molar-refractivity contribution is 0.0722. The third-order valence-corrected chi connectivity index (χ3v) is 4.48. The van der Waals surface area contributed by atoms with Gasteiger partial charge in [0.15, 0.2) is 0 Å². The lowest BCUT2D eigenvalue weighted by atomic mass is 10.0. The van der Waals surface area contributed by atoms with E-state index >= 15 is 0 Å². The second-order valence-corrected chi connectivity index (χ2v) is 6.09. The standard InChI is InChI=1S/C13H19N3OS/c17-13(12-7-14-9-18-12)16(11-4-5-11)8-10-3-1-2-6-15-10/h7,9-11,15H,1-6,8H2. The molecule has 1 N–H and O–H groups in total. The molecule has 1 aromatic rings. The quantitative estimate of drug-likeness (QED) is 0.904. The Balaban J connectivity index is 1.66. The molecule has 1 saturated heterocycles. The summed E-state index contributed by atoms with van der Waals surface area (Å²) < 4.78 is 0. The van der Waals surface area contributed by atoms with Gasteiger partial charge in [0.1, 0.15) is 4.88 Å². The molecule has 2 fully saturated rings. The summed E-state index contributed by atoms with van der Waals surface area (Å²) in [6, 6.07) is 0.958. The van der Waals surface area contributed by atoms with E-state index in [1.807, 2.05) is 0 Å². The number of amides is 1. The summed E-state index contributed by atoms with van der Waals surface area (Å²) in [7, 11) is 0. The Morgan fingerprint density at radius 2 is 2.33 bits per heavy atom. The molecule has 5 heteroatoms. The van der Waals surface area contributed by atoms with E-state index in [9.17, 15) is 4.79 Å². The summed E-state index contributed by atoms with van der Waals surface area (Å²) in [6.07, 6.45) is 7.76. The Labute approximate surface area is 111 Å². The Kier molecular flexibility index (Phi) is 3.61. The highest BCUT2D eigenvalue weighted by atomic mass is 32.1. The minimum atomic E-state index is 0.173. The second kappa shape index (κ2) is 5.36. The summed E-state index contributed by atoms with van der Waals surface area (Å²) in [6.45, 7) is 1.96. The molecule has 2 aliphatic rings. The first-order chi connectivity index (χ1) is 8.84. The third kappa shape index (κ3) is 2.72. The van der Waals surface area contributed by atoms with Crippen LogP contribution in [0.2, 0.25) is 0 Å². The fourth-order valence-electron chi connectivity index (χ4n) is 2.56. The minimum Gasteiger partial charge on any atom is -0.333 e. The molecule has 3 rings (SSSR count). The van der Waals surface area contributed by atoms with Gasteiger partial charge < -0.3 is 10.2 Å². The predicted molar refractivity (Wildman–Crippen MR) is 71.8 cm³/mol. The number of hydrogen-bond donors (Lipinski definition) is 1. The van der Waals surface area contributed by atoms with E-state index in [0.29, 0.717) is 12.1 Å². The molecule has 18 heavy (non-hydrogen) atoms. The van der Waals surface area contributed by atoms with Crippen LogP contribution in [0.5, 0.6) is 0 Å². The largest absolute Gasteiger partial charge is 0.333 e. The van der Waals surface area contributed by atoms with Crippen molar-refractivity contribution in [3.8, 4) is 0 Å². The molecule has 0 radical (unpaired) electrons. The molecule has 1 atom stereocenters. The summed E-state index contributed by atoms with van der Waals surface area (Å²) in [5.74, 6) is 0.173. The van der Waals surface area contributed by atoms with Crippen molar-refractivity contribution in [3.05, 3.63) is 16.6 Å². The Bertz CT molecular complexity index is 396.